The molecule has 3 N–H and O–H groups in total. The third-order valence-corrected chi connectivity index (χ3v) is 3.19. The van der Waals surface area contributed by atoms with E-state index in [1.807, 2.05) is 17.5 Å². The van der Waals surface area contributed by atoms with Crippen LogP contribution < -0.4 is 11.1 Å². The lowest BCUT2D eigenvalue weighted by Gasteiger charge is -2.01. The van der Waals surface area contributed by atoms with Crippen LogP contribution in [0, 0.1) is 0 Å². The van der Waals surface area contributed by atoms with Crippen LogP contribution in [0.25, 0.3) is 6.08 Å². The van der Waals surface area contributed by atoms with Crippen molar-refractivity contribution in [3.05, 3.63) is 58.3 Å². The molecule has 1 aromatic heterocycles. The van der Waals surface area contributed by atoms with Gasteiger partial charge in [-0.05, 0) is 41.8 Å². The zero-order valence-electron chi connectivity index (χ0n) is 10.00. The molecule has 4 nitrogen and oxygen atoms in total. The van der Waals surface area contributed by atoms with E-state index in [-0.39, 0.29) is 0 Å². The largest absolute Gasteiger partial charge is 0.399 e. The molecule has 0 unspecified atom stereocenters. The van der Waals surface area contributed by atoms with Crippen molar-refractivity contribution in [3.63, 3.8) is 0 Å². The Morgan fingerprint density at radius 1 is 1.16 bits per heavy atom. The number of carbonyl (C=O) groups excluding carboxylic acids is 2. The average Bonchev–Trinajstić information content (AvgIpc) is 2.90. The van der Waals surface area contributed by atoms with Gasteiger partial charge in [-0.1, -0.05) is 6.07 Å². The van der Waals surface area contributed by atoms with Crippen LogP contribution >= 0.6 is 11.3 Å². The summed E-state index contributed by atoms with van der Waals surface area (Å²) >= 11 is 1.52. The van der Waals surface area contributed by atoms with Crippen LogP contribution in [0.15, 0.2) is 47.9 Å². The van der Waals surface area contributed by atoms with Crippen molar-refractivity contribution in [1.82, 2.24) is 5.32 Å². The molecule has 0 atom stereocenters. The maximum absolute atomic E-state index is 11.7. The highest BCUT2D eigenvalue weighted by molar-refractivity contribution is 7.10. The molecule has 96 valence electrons. The van der Waals surface area contributed by atoms with Crippen molar-refractivity contribution < 1.29 is 9.59 Å². The maximum atomic E-state index is 11.7. The highest BCUT2D eigenvalue weighted by Crippen LogP contribution is 2.10. The van der Waals surface area contributed by atoms with Crippen molar-refractivity contribution in [1.29, 1.82) is 0 Å². The molecule has 1 heterocycles. The number of benzene rings is 1. The van der Waals surface area contributed by atoms with E-state index in [1.54, 1.807) is 30.3 Å². The van der Waals surface area contributed by atoms with Gasteiger partial charge in [0.1, 0.15) is 0 Å². The summed E-state index contributed by atoms with van der Waals surface area (Å²) in [6.07, 6.45) is 3.00. The molecule has 0 radical (unpaired) electrons. The Labute approximate surface area is 114 Å². The zero-order chi connectivity index (χ0) is 13.7. The second kappa shape index (κ2) is 5.97. The molecular weight excluding hydrogens is 260 g/mol. The van der Waals surface area contributed by atoms with Crippen LogP contribution in [-0.4, -0.2) is 11.8 Å². The highest BCUT2D eigenvalue weighted by Gasteiger charge is 2.07. The summed E-state index contributed by atoms with van der Waals surface area (Å²) in [7, 11) is 0. The van der Waals surface area contributed by atoms with Crippen LogP contribution in [0.2, 0.25) is 0 Å². The molecule has 5 heteroatoms. The Morgan fingerprint density at radius 2 is 1.89 bits per heavy atom. The standard InChI is InChI=1S/C14H12N2O2S/c15-11-5-3-10(4-6-11)14(18)16-13(17)8-7-12-2-1-9-19-12/h1-9H,15H2,(H,16,17,18)/b8-7+. The fraction of sp³-hybridized carbons (Fsp3) is 0. The van der Waals surface area contributed by atoms with Gasteiger partial charge in [-0.3, -0.25) is 14.9 Å². The number of nitrogen functional groups attached to an aromatic ring is 1. The fourth-order valence-electron chi connectivity index (χ4n) is 1.40. The minimum absolute atomic E-state index is 0.395. The number of thiophene rings is 1. The van der Waals surface area contributed by atoms with Crippen molar-refractivity contribution in [2.24, 2.45) is 0 Å². The van der Waals surface area contributed by atoms with Gasteiger partial charge in [-0.2, -0.15) is 0 Å². The smallest absolute Gasteiger partial charge is 0.258 e. The zero-order valence-corrected chi connectivity index (χ0v) is 10.8. The molecule has 0 spiro atoms. The summed E-state index contributed by atoms with van der Waals surface area (Å²) < 4.78 is 0. The number of amides is 2. The Kier molecular flexibility index (Phi) is 4.10. The van der Waals surface area contributed by atoms with E-state index in [4.69, 9.17) is 5.73 Å². The monoisotopic (exact) mass is 272 g/mol. The second-order valence-corrected chi connectivity index (χ2v) is 4.77. The van der Waals surface area contributed by atoms with Crippen molar-refractivity contribution in [3.8, 4) is 0 Å². The molecule has 1 aromatic carbocycles. The third-order valence-electron chi connectivity index (χ3n) is 2.35. The van der Waals surface area contributed by atoms with Crippen molar-refractivity contribution in [2.75, 3.05) is 5.73 Å². The minimum atomic E-state index is -0.449. The normalized spacial score (nSPS) is 10.5. The van der Waals surface area contributed by atoms with Gasteiger partial charge < -0.3 is 5.73 Å². The van der Waals surface area contributed by atoms with E-state index >= 15 is 0 Å². The Balaban J connectivity index is 1.95. The summed E-state index contributed by atoms with van der Waals surface area (Å²) in [5.74, 6) is -0.893. The van der Waals surface area contributed by atoms with Crippen LogP contribution in [0.3, 0.4) is 0 Å². The lowest BCUT2D eigenvalue weighted by Crippen LogP contribution is -2.28. The summed E-state index contributed by atoms with van der Waals surface area (Å²) in [6.45, 7) is 0. The highest BCUT2D eigenvalue weighted by atomic mass is 32.1. The van der Waals surface area contributed by atoms with Gasteiger partial charge in [-0.25, -0.2) is 0 Å². The number of rotatable bonds is 3. The first kappa shape index (κ1) is 13.0. The molecule has 0 bridgehead atoms. The third kappa shape index (κ3) is 3.79. The molecule has 0 aliphatic rings. The number of carbonyl (C=O) groups is 2. The van der Waals surface area contributed by atoms with Gasteiger partial charge in [-0.15, -0.1) is 11.3 Å². The van der Waals surface area contributed by atoms with Crippen LogP contribution in [0.5, 0.6) is 0 Å². The van der Waals surface area contributed by atoms with Gasteiger partial charge >= 0.3 is 0 Å². The number of hydrogen-bond donors (Lipinski definition) is 2. The molecule has 0 aliphatic carbocycles. The predicted octanol–water partition coefficient (Wildman–Crippen LogP) is 2.30. The lowest BCUT2D eigenvalue weighted by atomic mass is 10.2. The van der Waals surface area contributed by atoms with Gasteiger partial charge in [0.25, 0.3) is 11.8 Å². The van der Waals surface area contributed by atoms with Gasteiger partial charge in [0.2, 0.25) is 0 Å². The van der Waals surface area contributed by atoms with E-state index in [2.05, 4.69) is 5.32 Å². The first-order valence-corrected chi connectivity index (χ1v) is 6.45. The summed E-state index contributed by atoms with van der Waals surface area (Å²) in [5, 5.41) is 4.19. The van der Waals surface area contributed by atoms with E-state index in [9.17, 15) is 9.59 Å². The van der Waals surface area contributed by atoms with Crippen molar-refractivity contribution >= 4 is 34.9 Å². The lowest BCUT2D eigenvalue weighted by molar-refractivity contribution is -0.115. The number of nitrogens with two attached hydrogens (primary N) is 1. The molecule has 0 saturated heterocycles. The minimum Gasteiger partial charge on any atom is -0.399 e. The number of imide groups is 1. The Bertz CT molecular complexity index is 601. The quantitative estimate of drug-likeness (QED) is 0.665. The second-order valence-electron chi connectivity index (χ2n) is 3.79. The van der Waals surface area contributed by atoms with Crippen LogP contribution in [-0.2, 0) is 4.79 Å². The van der Waals surface area contributed by atoms with E-state index in [0.29, 0.717) is 11.3 Å². The Morgan fingerprint density at radius 3 is 2.53 bits per heavy atom. The molecule has 2 aromatic rings. The molecule has 0 aliphatic heterocycles. The average molecular weight is 272 g/mol. The number of hydrogen-bond acceptors (Lipinski definition) is 4. The molecule has 2 rings (SSSR count). The molecule has 19 heavy (non-hydrogen) atoms. The first-order valence-electron chi connectivity index (χ1n) is 5.57. The van der Waals surface area contributed by atoms with Crippen LogP contribution in [0.4, 0.5) is 5.69 Å². The van der Waals surface area contributed by atoms with Gasteiger partial charge in [0.15, 0.2) is 0 Å². The van der Waals surface area contributed by atoms with Crippen molar-refractivity contribution in [2.45, 2.75) is 0 Å². The fourth-order valence-corrected chi connectivity index (χ4v) is 2.02. The topological polar surface area (TPSA) is 72.2 Å². The first-order chi connectivity index (χ1) is 9.15. The summed E-state index contributed by atoms with van der Waals surface area (Å²) in [5.41, 5.74) is 6.49. The SMILES string of the molecule is Nc1ccc(C(=O)NC(=O)/C=C/c2cccs2)cc1. The van der Waals surface area contributed by atoms with E-state index in [1.165, 1.54) is 17.4 Å². The molecule has 0 fully saturated rings. The summed E-state index contributed by atoms with van der Waals surface area (Å²) in [4.78, 5) is 24.2. The number of nitrogens with one attached hydrogen (secondary N) is 1. The maximum Gasteiger partial charge on any atom is 0.258 e. The van der Waals surface area contributed by atoms with E-state index in [0.717, 1.165) is 4.88 Å². The summed E-state index contributed by atoms with van der Waals surface area (Å²) in [6, 6.07) is 10.1. The van der Waals surface area contributed by atoms with Crippen LogP contribution in [0.1, 0.15) is 15.2 Å². The molecule has 2 amide bonds. The van der Waals surface area contributed by atoms with E-state index < -0.39 is 11.8 Å². The van der Waals surface area contributed by atoms with Gasteiger partial charge in [0.05, 0.1) is 0 Å². The Hall–Kier alpha value is -2.40. The molecule has 0 saturated carbocycles. The molecular formula is C14H12N2O2S. The predicted molar refractivity (Wildman–Crippen MR) is 76.7 cm³/mol. The van der Waals surface area contributed by atoms with Gasteiger partial charge in [0, 0.05) is 22.2 Å². The number of anilines is 1.